The molecule has 0 radical (unpaired) electrons. The predicted octanol–water partition coefficient (Wildman–Crippen LogP) is 5.60. The maximum Gasteiger partial charge on any atom is 0.150 e. The van der Waals surface area contributed by atoms with Crippen LogP contribution < -0.4 is 0 Å². The average Bonchev–Trinajstić information content (AvgIpc) is 3.27. The Kier molecular flexibility index (Phi) is 3.16. The van der Waals surface area contributed by atoms with E-state index in [4.69, 9.17) is 4.42 Å². The highest BCUT2D eigenvalue weighted by atomic mass is 32.1. The van der Waals surface area contributed by atoms with Crippen molar-refractivity contribution in [3.05, 3.63) is 78.1 Å². The van der Waals surface area contributed by atoms with Gasteiger partial charge in [0.2, 0.25) is 0 Å². The van der Waals surface area contributed by atoms with Crippen LogP contribution in [0.4, 0.5) is 4.39 Å². The summed E-state index contributed by atoms with van der Waals surface area (Å²) in [6.07, 6.45) is 1.65. The van der Waals surface area contributed by atoms with Gasteiger partial charge in [-0.1, -0.05) is 6.07 Å². The quantitative estimate of drug-likeness (QED) is 0.481. The van der Waals surface area contributed by atoms with Crippen LogP contribution in [-0.4, -0.2) is 4.57 Å². The molecule has 0 bridgehead atoms. The molecule has 3 aromatic heterocycles. The van der Waals surface area contributed by atoms with Gasteiger partial charge in [0.1, 0.15) is 5.82 Å². The van der Waals surface area contributed by atoms with Crippen LogP contribution in [0.25, 0.3) is 27.7 Å². The topological polar surface area (TPSA) is 18.1 Å². The summed E-state index contributed by atoms with van der Waals surface area (Å²) in [5, 5.41) is 2.05. The lowest BCUT2D eigenvalue weighted by Gasteiger charge is -2.12. The van der Waals surface area contributed by atoms with E-state index in [1.54, 1.807) is 29.7 Å². The molecule has 108 valence electrons. The minimum atomic E-state index is -0.242. The van der Waals surface area contributed by atoms with E-state index < -0.39 is 0 Å². The molecule has 0 fully saturated rings. The molecule has 0 unspecified atom stereocenters. The van der Waals surface area contributed by atoms with Crippen molar-refractivity contribution in [3.63, 3.8) is 0 Å². The van der Waals surface area contributed by atoms with Gasteiger partial charge in [-0.25, -0.2) is 4.39 Å². The normalized spacial score (nSPS) is 11.0. The van der Waals surface area contributed by atoms with E-state index in [1.165, 1.54) is 12.1 Å². The number of furan rings is 1. The SMILES string of the molecule is Fc1ccc(-n2c(-c3ccco3)ccc2-c2cccs2)cc1. The lowest BCUT2D eigenvalue weighted by atomic mass is 10.2. The smallest absolute Gasteiger partial charge is 0.150 e. The molecule has 0 aliphatic heterocycles. The Bertz CT molecular complexity index is 822. The second kappa shape index (κ2) is 5.31. The van der Waals surface area contributed by atoms with Gasteiger partial charge in [0.25, 0.3) is 0 Å². The van der Waals surface area contributed by atoms with Crippen molar-refractivity contribution < 1.29 is 8.81 Å². The molecule has 3 heterocycles. The highest BCUT2D eigenvalue weighted by Crippen LogP contribution is 2.34. The van der Waals surface area contributed by atoms with E-state index in [9.17, 15) is 4.39 Å². The zero-order valence-electron chi connectivity index (χ0n) is 11.6. The zero-order valence-corrected chi connectivity index (χ0v) is 12.4. The Balaban J connectivity index is 1.96. The van der Waals surface area contributed by atoms with Gasteiger partial charge in [-0.15, -0.1) is 11.3 Å². The first-order valence-electron chi connectivity index (χ1n) is 6.88. The standard InChI is InChI=1S/C18H12FNOS/c19-13-5-7-14(8-6-13)20-15(17-3-1-11-21-17)9-10-16(20)18-4-2-12-22-18/h1-12H. The lowest BCUT2D eigenvalue weighted by Crippen LogP contribution is -1.98. The molecular weight excluding hydrogens is 297 g/mol. The van der Waals surface area contributed by atoms with Gasteiger partial charge in [0.15, 0.2) is 5.76 Å². The van der Waals surface area contributed by atoms with E-state index in [1.807, 2.05) is 29.6 Å². The third-order valence-corrected chi connectivity index (χ3v) is 4.41. The summed E-state index contributed by atoms with van der Waals surface area (Å²) in [7, 11) is 0. The van der Waals surface area contributed by atoms with Crippen molar-refractivity contribution >= 4 is 11.3 Å². The molecule has 4 heteroatoms. The summed E-state index contributed by atoms with van der Waals surface area (Å²) < 4.78 is 20.9. The van der Waals surface area contributed by atoms with Crippen LogP contribution in [0.1, 0.15) is 0 Å². The van der Waals surface area contributed by atoms with Crippen molar-refractivity contribution in [2.24, 2.45) is 0 Å². The molecule has 0 amide bonds. The number of benzene rings is 1. The second-order valence-electron chi connectivity index (χ2n) is 4.87. The van der Waals surface area contributed by atoms with Gasteiger partial charge < -0.3 is 8.98 Å². The molecule has 0 spiro atoms. The van der Waals surface area contributed by atoms with Crippen molar-refractivity contribution in [1.82, 2.24) is 4.57 Å². The maximum atomic E-state index is 13.3. The highest BCUT2D eigenvalue weighted by molar-refractivity contribution is 7.13. The van der Waals surface area contributed by atoms with Crippen molar-refractivity contribution in [1.29, 1.82) is 0 Å². The minimum absolute atomic E-state index is 0.242. The first kappa shape index (κ1) is 13.1. The zero-order chi connectivity index (χ0) is 14.9. The summed E-state index contributed by atoms with van der Waals surface area (Å²) in [6, 6.07) is 18.5. The summed E-state index contributed by atoms with van der Waals surface area (Å²) in [5.74, 6) is 0.542. The fraction of sp³-hybridized carbons (Fsp3) is 0. The summed E-state index contributed by atoms with van der Waals surface area (Å²) in [6.45, 7) is 0. The van der Waals surface area contributed by atoms with Gasteiger partial charge in [0, 0.05) is 5.69 Å². The molecule has 0 aliphatic rings. The van der Waals surface area contributed by atoms with E-state index in [-0.39, 0.29) is 5.82 Å². The number of thiophene rings is 1. The lowest BCUT2D eigenvalue weighted by molar-refractivity contribution is 0.578. The number of hydrogen-bond donors (Lipinski definition) is 0. The van der Waals surface area contributed by atoms with Crippen LogP contribution in [-0.2, 0) is 0 Å². The molecule has 0 saturated heterocycles. The summed E-state index contributed by atoms with van der Waals surface area (Å²) >= 11 is 1.67. The van der Waals surface area contributed by atoms with E-state index >= 15 is 0 Å². The van der Waals surface area contributed by atoms with Crippen molar-refractivity contribution in [2.45, 2.75) is 0 Å². The summed E-state index contributed by atoms with van der Waals surface area (Å²) in [4.78, 5) is 1.15. The Morgan fingerprint density at radius 3 is 2.36 bits per heavy atom. The molecule has 0 saturated carbocycles. The first-order valence-corrected chi connectivity index (χ1v) is 7.76. The maximum absolute atomic E-state index is 13.3. The number of aromatic nitrogens is 1. The number of halogens is 1. The fourth-order valence-electron chi connectivity index (χ4n) is 2.54. The van der Waals surface area contributed by atoms with Gasteiger partial charge in [-0.2, -0.15) is 0 Å². The van der Waals surface area contributed by atoms with Gasteiger partial charge >= 0.3 is 0 Å². The van der Waals surface area contributed by atoms with Crippen LogP contribution in [0.5, 0.6) is 0 Å². The molecule has 1 aromatic carbocycles. The van der Waals surface area contributed by atoms with Crippen LogP contribution >= 0.6 is 11.3 Å². The number of rotatable bonds is 3. The molecule has 0 atom stereocenters. The Labute approximate surface area is 131 Å². The first-order chi connectivity index (χ1) is 10.8. The van der Waals surface area contributed by atoms with Gasteiger partial charge in [-0.05, 0) is 60.0 Å². The Morgan fingerprint density at radius 1 is 0.864 bits per heavy atom. The molecule has 4 rings (SSSR count). The van der Waals surface area contributed by atoms with Gasteiger partial charge in [0.05, 0.1) is 22.5 Å². The second-order valence-corrected chi connectivity index (χ2v) is 5.82. The Morgan fingerprint density at radius 2 is 1.68 bits per heavy atom. The predicted molar refractivity (Wildman–Crippen MR) is 86.7 cm³/mol. The van der Waals surface area contributed by atoms with Crippen molar-refractivity contribution in [2.75, 3.05) is 0 Å². The fourth-order valence-corrected chi connectivity index (χ4v) is 3.28. The largest absolute Gasteiger partial charge is 0.463 e. The number of nitrogens with zero attached hydrogens (tertiary/aromatic N) is 1. The number of hydrogen-bond acceptors (Lipinski definition) is 2. The monoisotopic (exact) mass is 309 g/mol. The Hall–Kier alpha value is -2.59. The molecule has 4 aromatic rings. The van der Waals surface area contributed by atoms with E-state index in [2.05, 4.69) is 16.7 Å². The highest BCUT2D eigenvalue weighted by Gasteiger charge is 2.15. The molecule has 22 heavy (non-hydrogen) atoms. The minimum Gasteiger partial charge on any atom is -0.463 e. The van der Waals surface area contributed by atoms with E-state index in [0.29, 0.717) is 0 Å². The van der Waals surface area contributed by atoms with Crippen LogP contribution in [0.3, 0.4) is 0 Å². The van der Waals surface area contributed by atoms with Crippen LogP contribution in [0.2, 0.25) is 0 Å². The van der Waals surface area contributed by atoms with Gasteiger partial charge in [-0.3, -0.25) is 0 Å². The third kappa shape index (κ3) is 2.18. The van der Waals surface area contributed by atoms with Crippen molar-refractivity contribution in [3.8, 4) is 27.7 Å². The van der Waals surface area contributed by atoms with Crippen LogP contribution in [0, 0.1) is 5.82 Å². The third-order valence-electron chi connectivity index (χ3n) is 3.51. The molecule has 0 aliphatic carbocycles. The van der Waals surface area contributed by atoms with Crippen LogP contribution in [0.15, 0.2) is 76.7 Å². The molecular formula is C18H12FNOS. The molecule has 0 N–H and O–H groups in total. The molecule has 2 nitrogen and oxygen atoms in total. The average molecular weight is 309 g/mol. The summed E-state index contributed by atoms with van der Waals surface area (Å²) in [5.41, 5.74) is 2.91. The van der Waals surface area contributed by atoms with E-state index in [0.717, 1.165) is 27.7 Å².